The van der Waals surface area contributed by atoms with Gasteiger partial charge in [-0.15, -0.1) is 0 Å². The van der Waals surface area contributed by atoms with Crippen LogP contribution in [0.4, 0.5) is 5.69 Å². The van der Waals surface area contributed by atoms with Gasteiger partial charge in [-0.05, 0) is 37.3 Å². The molecule has 0 atom stereocenters. The molecule has 0 saturated heterocycles. The Morgan fingerprint density at radius 3 is 2.81 bits per heavy atom. The Balaban J connectivity index is 2.35. The lowest BCUT2D eigenvalue weighted by atomic mass is 10.1. The molecule has 0 unspecified atom stereocenters. The minimum absolute atomic E-state index is 0.0880. The Kier molecular flexibility index (Phi) is 4.54. The molecule has 2 aromatic rings. The number of carbonyl (C=O) groups is 1. The highest BCUT2D eigenvalue weighted by Gasteiger charge is 2.13. The number of nitrogens with zero attached hydrogens (tertiary/aromatic N) is 2. The van der Waals surface area contributed by atoms with E-state index in [1.54, 1.807) is 43.3 Å². The standard InChI is InChI=1S/C14H13BrN4O2/c1-8-3-2-4-11(17-8)14(20)18-12-7-9(15)5-6-10(12)13(16)19-21/h2-7,21H,1H3,(H2,16,19)(H,18,20). The predicted octanol–water partition coefficient (Wildman–Crippen LogP) is 2.50. The van der Waals surface area contributed by atoms with Crippen LogP contribution in [0.3, 0.4) is 0 Å². The molecular weight excluding hydrogens is 336 g/mol. The molecule has 0 fully saturated rings. The van der Waals surface area contributed by atoms with Gasteiger partial charge in [-0.3, -0.25) is 4.79 Å². The summed E-state index contributed by atoms with van der Waals surface area (Å²) < 4.78 is 0.754. The van der Waals surface area contributed by atoms with Crippen molar-refractivity contribution in [2.75, 3.05) is 5.32 Å². The highest BCUT2D eigenvalue weighted by atomic mass is 79.9. The summed E-state index contributed by atoms with van der Waals surface area (Å²) in [7, 11) is 0. The van der Waals surface area contributed by atoms with E-state index in [2.05, 4.69) is 31.4 Å². The van der Waals surface area contributed by atoms with E-state index < -0.39 is 0 Å². The van der Waals surface area contributed by atoms with Gasteiger partial charge < -0.3 is 16.3 Å². The Bertz CT molecular complexity index is 716. The Hall–Kier alpha value is -2.41. The van der Waals surface area contributed by atoms with Gasteiger partial charge in [0.05, 0.1) is 5.69 Å². The fourth-order valence-electron chi connectivity index (χ4n) is 1.75. The van der Waals surface area contributed by atoms with E-state index in [1.807, 2.05) is 0 Å². The summed E-state index contributed by atoms with van der Waals surface area (Å²) >= 11 is 3.32. The van der Waals surface area contributed by atoms with Gasteiger partial charge in [0.15, 0.2) is 5.84 Å². The molecule has 0 radical (unpaired) electrons. The third kappa shape index (κ3) is 3.57. The van der Waals surface area contributed by atoms with E-state index in [4.69, 9.17) is 10.9 Å². The molecule has 0 aliphatic carbocycles. The fourth-order valence-corrected chi connectivity index (χ4v) is 2.11. The summed E-state index contributed by atoms with van der Waals surface area (Å²) in [6.45, 7) is 1.80. The smallest absolute Gasteiger partial charge is 0.274 e. The summed E-state index contributed by atoms with van der Waals surface area (Å²) in [5, 5.41) is 14.5. The van der Waals surface area contributed by atoms with Crippen LogP contribution in [0.2, 0.25) is 0 Å². The van der Waals surface area contributed by atoms with Crippen LogP contribution in [0.1, 0.15) is 21.7 Å². The largest absolute Gasteiger partial charge is 0.409 e. The van der Waals surface area contributed by atoms with Gasteiger partial charge in [-0.1, -0.05) is 27.2 Å². The van der Waals surface area contributed by atoms with Crippen molar-refractivity contribution in [3.05, 3.63) is 57.8 Å². The molecule has 0 aliphatic rings. The molecule has 6 nitrogen and oxygen atoms in total. The van der Waals surface area contributed by atoms with E-state index in [-0.39, 0.29) is 11.7 Å². The third-order valence-corrected chi connectivity index (χ3v) is 3.23. The molecule has 0 spiro atoms. The maximum Gasteiger partial charge on any atom is 0.274 e. The maximum absolute atomic E-state index is 12.2. The summed E-state index contributed by atoms with van der Waals surface area (Å²) in [5.74, 6) is -0.459. The van der Waals surface area contributed by atoms with Gasteiger partial charge in [-0.2, -0.15) is 0 Å². The molecule has 1 heterocycles. The average molecular weight is 349 g/mol. The zero-order valence-corrected chi connectivity index (χ0v) is 12.8. The second-order valence-electron chi connectivity index (χ2n) is 4.29. The number of aryl methyl sites for hydroxylation is 1. The Labute approximate surface area is 129 Å². The second-order valence-corrected chi connectivity index (χ2v) is 5.21. The van der Waals surface area contributed by atoms with Gasteiger partial charge in [0, 0.05) is 15.7 Å². The van der Waals surface area contributed by atoms with Gasteiger partial charge in [0.1, 0.15) is 5.69 Å². The van der Waals surface area contributed by atoms with Gasteiger partial charge in [0.25, 0.3) is 5.91 Å². The third-order valence-electron chi connectivity index (χ3n) is 2.73. The zero-order chi connectivity index (χ0) is 15.4. The number of anilines is 1. The van der Waals surface area contributed by atoms with E-state index in [9.17, 15) is 4.79 Å². The van der Waals surface area contributed by atoms with Gasteiger partial charge in [0.2, 0.25) is 0 Å². The molecule has 7 heteroatoms. The molecule has 1 amide bonds. The van der Waals surface area contributed by atoms with Crippen LogP contribution in [-0.2, 0) is 0 Å². The first kappa shape index (κ1) is 15.0. The van der Waals surface area contributed by atoms with Gasteiger partial charge in [-0.25, -0.2) is 4.98 Å². The Morgan fingerprint density at radius 1 is 1.38 bits per heavy atom. The van der Waals surface area contributed by atoms with Crippen LogP contribution < -0.4 is 11.1 Å². The number of amides is 1. The first-order valence-corrected chi connectivity index (χ1v) is 6.83. The van der Waals surface area contributed by atoms with Crippen molar-refractivity contribution in [2.24, 2.45) is 10.9 Å². The zero-order valence-electron chi connectivity index (χ0n) is 11.2. The number of benzene rings is 1. The van der Waals surface area contributed by atoms with E-state index in [0.717, 1.165) is 10.2 Å². The summed E-state index contributed by atoms with van der Waals surface area (Å²) in [6.07, 6.45) is 0. The molecule has 0 bridgehead atoms. The van der Waals surface area contributed by atoms with Gasteiger partial charge >= 0.3 is 0 Å². The first-order valence-electron chi connectivity index (χ1n) is 6.03. The molecule has 1 aromatic carbocycles. The van der Waals surface area contributed by atoms with Crippen molar-refractivity contribution in [1.82, 2.24) is 4.98 Å². The molecule has 0 aliphatic heterocycles. The van der Waals surface area contributed by atoms with Crippen LogP contribution in [-0.4, -0.2) is 21.9 Å². The number of aromatic nitrogens is 1. The van der Waals surface area contributed by atoms with Crippen molar-refractivity contribution in [1.29, 1.82) is 0 Å². The topological polar surface area (TPSA) is 101 Å². The minimum Gasteiger partial charge on any atom is -0.409 e. The van der Waals surface area contributed by atoms with Crippen LogP contribution in [0.5, 0.6) is 0 Å². The highest BCUT2D eigenvalue weighted by molar-refractivity contribution is 9.10. The monoisotopic (exact) mass is 348 g/mol. The van der Waals surface area contributed by atoms with Crippen molar-refractivity contribution in [3.63, 3.8) is 0 Å². The number of pyridine rings is 1. The Morgan fingerprint density at radius 2 is 2.14 bits per heavy atom. The lowest BCUT2D eigenvalue weighted by Crippen LogP contribution is -2.20. The number of halogens is 1. The number of nitrogens with two attached hydrogens (primary N) is 1. The minimum atomic E-state index is -0.371. The number of rotatable bonds is 3. The summed E-state index contributed by atoms with van der Waals surface area (Å²) in [6, 6.07) is 10.2. The number of hydrogen-bond acceptors (Lipinski definition) is 4. The van der Waals surface area contributed by atoms with Crippen molar-refractivity contribution in [2.45, 2.75) is 6.92 Å². The number of oxime groups is 1. The SMILES string of the molecule is Cc1cccc(C(=O)Nc2cc(Br)ccc2/C(N)=N/O)n1. The summed E-state index contributed by atoms with van der Waals surface area (Å²) in [5.41, 5.74) is 7.48. The van der Waals surface area contributed by atoms with Crippen molar-refractivity contribution < 1.29 is 10.0 Å². The number of nitrogens with one attached hydrogen (secondary N) is 1. The van der Waals surface area contributed by atoms with E-state index >= 15 is 0 Å². The number of carbonyl (C=O) groups excluding carboxylic acids is 1. The van der Waals surface area contributed by atoms with Crippen LogP contribution in [0, 0.1) is 6.92 Å². The van der Waals surface area contributed by atoms with Crippen LogP contribution in [0.15, 0.2) is 46.0 Å². The molecule has 108 valence electrons. The number of hydrogen-bond donors (Lipinski definition) is 3. The van der Waals surface area contributed by atoms with Crippen LogP contribution >= 0.6 is 15.9 Å². The molecule has 2 rings (SSSR count). The first-order chi connectivity index (χ1) is 10.0. The lowest BCUT2D eigenvalue weighted by Gasteiger charge is -2.10. The van der Waals surface area contributed by atoms with Crippen molar-refractivity contribution in [3.8, 4) is 0 Å². The lowest BCUT2D eigenvalue weighted by molar-refractivity contribution is 0.102. The second kappa shape index (κ2) is 6.36. The molecule has 4 N–H and O–H groups in total. The van der Waals surface area contributed by atoms with E-state index in [1.165, 1.54) is 0 Å². The molecule has 1 aromatic heterocycles. The fraction of sp³-hybridized carbons (Fsp3) is 0.0714. The highest BCUT2D eigenvalue weighted by Crippen LogP contribution is 2.22. The summed E-state index contributed by atoms with van der Waals surface area (Å²) in [4.78, 5) is 16.4. The normalized spacial score (nSPS) is 11.2. The van der Waals surface area contributed by atoms with E-state index in [0.29, 0.717) is 16.9 Å². The van der Waals surface area contributed by atoms with Crippen molar-refractivity contribution >= 4 is 33.4 Å². The molecule has 0 saturated carbocycles. The quantitative estimate of drug-likeness (QED) is 0.343. The van der Waals surface area contributed by atoms with Crippen LogP contribution in [0.25, 0.3) is 0 Å². The predicted molar refractivity (Wildman–Crippen MR) is 83.6 cm³/mol. The maximum atomic E-state index is 12.2. The molecule has 21 heavy (non-hydrogen) atoms. The molecular formula is C14H13BrN4O2. The average Bonchev–Trinajstić information content (AvgIpc) is 2.46. The number of amidine groups is 1.